The van der Waals surface area contributed by atoms with Crippen LogP contribution in [-0.2, 0) is 11.2 Å². The summed E-state index contributed by atoms with van der Waals surface area (Å²) in [4.78, 5) is 22.6. The number of benzene rings is 2. The molecule has 0 aliphatic heterocycles. The van der Waals surface area contributed by atoms with E-state index in [-0.39, 0.29) is 6.03 Å². The Morgan fingerprint density at radius 3 is 2.57 bits per heavy atom. The summed E-state index contributed by atoms with van der Waals surface area (Å²) in [6.07, 6.45) is 1.99. The van der Waals surface area contributed by atoms with Crippen LogP contribution in [0.4, 0.5) is 16.2 Å². The van der Waals surface area contributed by atoms with Crippen LogP contribution >= 0.6 is 0 Å². The van der Waals surface area contributed by atoms with Gasteiger partial charge in [-0.1, -0.05) is 24.3 Å². The standard InChI is InChI=1S/C18H20N2O3/c1-13-6-3-4-8-15(13)19-18(22)20-16-10-9-14(7-5-11-21)12-17(16)23-2/h3-4,6,8-12H,5,7H2,1-2H3,(H2,19,20,22). The number of para-hydroxylation sites is 1. The average molecular weight is 312 g/mol. The van der Waals surface area contributed by atoms with Gasteiger partial charge in [0.05, 0.1) is 12.8 Å². The lowest BCUT2D eigenvalue weighted by Gasteiger charge is -2.13. The van der Waals surface area contributed by atoms with Crippen molar-refractivity contribution in [2.45, 2.75) is 19.8 Å². The second-order valence-corrected chi connectivity index (χ2v) is 5.13. The molecule has 2 aromatic rings. The first kappa shape index (κ1) is 16.5. The van der Waals surface area contributed by atoms with Gasteiger partial charge in [-0.3, -0.25) is 0 Å². The summed E-state index contributed by atoms with van der Waals surface area (Å²) >= 11 is 0. The Morgan fingerprint density at radius 1 is 1.13 bits per heavy atom. The molecule has 23 heavy (non-hydrogen) atoms. The zero-order valence-electron chi connectivity index (χ0n) is 13.3. The van der Waals surface area contributed by atoms with E-state index in [2.05, 4.69) is 10.6 Å². The Morgan fingerprint density at radius 2 is 1.87 bits per heavy atom. The first-order valence-electron chi connectivity index (χ1n) is 7.38. The highest BCUT2D eigenvalue weighted by atomic mass is 16.5. The van der Waals surface area contributed by atoms with E-state index in [1.165, 1.54) is 0 Å². The molecule has 0 spiro atoms. The van der Waals surface area contributed by atoms with E-state index in [1.807, 2.05) is 43.3 Å². The molecule has 2 amide bonds. The lowest BCUT2D eigenvalue weighted by molar-refractivity contribution is -0.107. The number of aryl methyl sites for hydroxylation is 2. The van der Waals surface area contributed by atoms with Gasteiger partial charge in [-0.25, -0.2) is 4.79 Å². The van der Waals surface area contributed by atoms with Crippen molar-refractivity contribution >= 4 is 23.7 Å². The Kier molecular flexibility index (Phi) is 5.74. The Bertz CT molecular complexity index is 698. The third-order valence-electron chi connectivity index (χ3n) is 3.46. The van der Waals surface area contributed by atoms with E-state index in [0.29, 0.717) is 24.3 Å². The van der Waals surface area contributed by atoms with Crippen LogP contribution < -0.4 is 15.4 Å². The molecule has 0 fully saturated rings. The summed E-state index contributed by atoms with van der Waals surface area (Å²) in [6.45, 7) is 1.93. The molecule has 120 valence electrons. The number of hydrogen-bond donors (Lipinski definition) is 2. The van der Waals surface area contributed by atoms with E-state index in [9.17, 15) is 9.59 Å². The number of rotatable bonds is 6. The number of anilines is 2. The van der Waals surface area contributed by atoms with Crippen LogP contribution in [0.2, 0.25) is 0 Å². The third kappa shape index (κ3) is 4.57. The fraction of sp³-hybridized carbons (Fsp3) is 0.222. The number of aldehydes is 1. The van der Waals surface area contributed by atoms with Gasteiger partial charge in [-0.15, -0.1) is 0 Å². The van der Waals surface area contributed by atoms with Crippen molar-refractivity contribution in [1.29, 1.82) is 0 Å². The second kappa shape index (κ2) is 7.98. The first-order valence-corrected chi connectivity index (χ1v) is 7.38. The van der Waals surface area contributed by atoms with Gasteiger partial charge < -0.3 is 20.2 Å². The van der Waals surface area contributed by atoms with E-state index < -0.39 is 0 Å². The van der Waals surface area contributed by atoms with Crippen LogP contribution in [0, 0.1) is 6.92 Å². The highest BCUT2D eigenvalue weighted by molar-refractivity contribution is 6.01. The molecule has 0 aliphatic rings. The van der Waals surface area contributed by atoms with Gasteiger partial charge in [0.2, 0.25) is 0 Å². The molecule has 0 atom stereocenters. The highest BCUT2D eigenvalue weighted by Gasteiger charge is 2.09. The number of urea groups is 1. The van der Waals surface area contributed by atoms with Crippen molar-refractivity contribution in [2.75, 3.05) is 17.7 Å². The summed E-state index contributed by atoms with van der Waals surface area (Å²) < 4.78 is 5.31. The van der Waals surface area contributed by atoms with E-state index in [4.69, 9.17) is 4.74 Å². The molecule has 0 bridgehead atoms. The first-order chi connectivity index (χ1) is 11.1. The molecular weight excluding hydrogens is 292 g/mol. The Hall–Kier alpha value is -2.82. The summed E-state index contributed by atoms with van der Waals surface area (Å²) in [5, 5.41) is 5.58. The fourth-order valence-corrected chi connectivity index (χ4v) is 2.21. The number of ether oxygens (including phenoxy) is 1. The molecule has 0 aliphatic carbocycles. The molecule has 0 unspecified atom stereocenters. The molecule has 0 saturated heterocycles. The summed E-state index contributed by atoms with van der Waals surface area (Å²) in [5.74, 6) is 0.563. The molecule has 0 heterocycles. The predicted molar refractivity (Wildman–Crippen MR) is 91.2 cm³/mol. The maximum absolute atomic E-state index is 12.1. The lowest BCUT2D eigenvalue weighted by atomic mass is 10.1. The van der Waals surface area contributed by atoms with Crippen molar-refractivity contribution in [1.82, 2.24) is 0 Å². The lowest BCUT2D eigenvalue weighted by Crippen LogP contribution is -2.20. The van der Waals surface area contributed by atoms with Crippen molar-refractivity contribution in [2.24, 2.45) is 0 Å². The number of hydrogen-bond acceptors (Lipinski definition) is 3. The molecule has 2 rings (SSSR count). The number of amides is 2. The van der Waals surface area contributed by atoms with Gasteiger partial charge in [0.25, 0.3) is 0 Å². The van der Waals surface area contributed by atoms with Crippen molar-refractivity contribution in [3.8, 4) is 5.75 Å². The van der Waals surface area contributed by atoms with Gasteiger partial charge in [-0.2, -0.15) is 0 Å². The maximum Gasteiger partial charge on any atom is 0.323 e. The molecule has 0 radical (unpaired) electrons. The zero-order chi connectivity index (χ0) is 16.7. The topological polar surface area (TPSA) is 67.4 Å². The van der Waals surface area contributed by atoms with Crippen molar-refractivity contribution in [3.63, 3.8) is 0 Å². The molecule has 2 aromatic carbocycles. The Labute approximate surface area is 135 Å². The fourth-order valence-electron chi connectivity index (χ4n) is 2.21. The molecule has 0 aromatic heterocycles. The summed E-state index contributed by atoms with van der Waals surface area (Å²) in [5.41, 5.74) is 3.30. The number of methoxy groups -OCH3 is 1. The minimum absolute atomic E-state index is 0.335. The monoisotopic (exact) mass is 312 g/mol. The number of carbonyl (C=O) groups excluding carboxylic acids is 2. The SMILES string of the molecule is COc1cc(CCC=O)ccc1NC(=O)Nc1ccccc1C. The maximum atomic E-state index is 12.1. The molecule has 0 saturated carbocycles. The van der Waals surface area contributed by atoms with E-state index >= 15 is 0 Å². The van der Waals surface area contributed by atoms with E-state index in [0.717, 1.165) is 23.1 Å². The van der Waals surface area contributed by atoms with Crippen LogP contribution in [0.15, 0.2) is 42.5 Å². The normalized spacial score (nSPS) is 10.0. The molecule has 5 heteroatoms. The van der Waals surface area contributed by atoms with Crippen molar-refractivity contribution < 1.29 is 14.3 Å². The smallest absolute Gasteiger partial charge is 0.323 e. The minimum Gasteiger partial charge on any atom is -0.495 e. The zero-order valence-corrected chi connectivity index (χ0v) is 13.3. The predicted octanol–water partition coefficient (Wildman–Crippen LogP) is 3.78. The molecule has 5 nitrogen and oxygen atoms in total. The van der Waals surface area contributed by atoms with Crippen LogP contribution in [0.1, 0.15) is 17.5 Å². The van der Waals surface area contributed by atoms with E-state index in [1.54, 1.807) is 13.2 Å². The summed E-state index contributed by atoms with van der Waals surface area (Å²) in [7, 11) is 1.54. The summed E-state index contributed by atoms with van der Waals surface area (Å²) in [6, 6.07) is 12.7. The van der Waals surface area contributed by atoms with Gasteiger partial charge in [-0.05, 0) is 42.7 Å². The number of nitrogens with one attached hydrogen (secondary N) is 2. The van der Waals surface area contributed by atoms with Crippen LogP contribution in [0.5, 0.6) is 5.75 Å². The van der Waals surface area contributed by atoms with Gasteiger partial charge in [0.1, 0.15) is 12.0 Å². The van der Waals surface area contributed by atoms with Gasteiger partial charge >= 0.3 is 6.03 Å². The van der Waals surface area contributed by atoms with Gasteiger partial charge in [0.15, 0.2) is 0 Å². The minimum atomic E-state index is -0.335. The molecular formula is C18H20N2O3. The quantitative estimate of drug-likeness (QED) is 0.798. The second-order valence-electron chi connectivity index (χ2n) is 5.13. The van der Waals surface area contributed by atoms with Crippen molar-refractivity contribution in [3.05, 3.63) is 53.6 Å². The highest BCUT2D eigenvalue weighted by Crippen LogP contribution is 2.26. The third-order valence-corrected chi connectivity index (χ3v) is 3.46. The van der Waals surface area contributed by atoms with Crippen LogP contribution in [0.3, 0.4) is 0 Å². The molecule has 2 N–H and O–H groups in total. The van der Waals surface area contributed by atoms with Crippen LogP contribution in [-0.4, -0.2) is 19.4 Å². The van der Waals surface area contributed by atoms with Crippen LogP contribution in [0.25, 0.3) is 0 Å². The van der Waals surface area contributed by atoms with Gasteiger partial charge in [0, 0.05) is 12.1 Å². The number of carbonyl (C=O) groups is 2. The Balaban J connectivity index is 2.08. The average Bonchev–Trinajstić information content (AvgIpc) is 2.56. The largest absolute Gasteiger partial charge is 0.495 e.